The van der Waals surface area contributed by atoms with Gasteiger partial charge in [-0.3, -0.25) is 0 Å². The Morgan fingerprint density at radius 1 is 1.39 bits per heavy atom. The highest BCUT2D eigenvalue weighted by atomic mass is 16.5. The lowest BCUT2D eigenvalue weighted by atomic mass is 9.84. The van der Waals surface area contributed by atoms with Gasteiger partial charge in [0, 0.05) is 19.2 Å². The first-order valence-electron chi connectivity index (χ1n) is 7.47. The zero-order chi connectivity index (χ0) is 13.6. The summed E-state index contributed by atoms with van der Waals surface area (Å²) in [5.74, 6) is 0. The van der Waals surface area contributed by atoms with E-state index in [1.54, 1.807) is 0 Å². The summed E-state index contributed by atoms with van der Waals surface area (Å²) >= 11 is 0. The minimum Gasteiger partial charge on any atom is -0.377 e. The Balaban J connectivity index is 2.27. The van der Waals surface area contributed by atoms with Crippen LogP contribution in [0.2, 0.25) is 0 Å². The van der Waals surface area contributed by atoms with Crippen LogP contribution in [0.1, 0.15) is 47.0 Å². The first-order valence-corrected chi connectivity index (χ1v) is 7.47. The van der Waals surface area contributed by atoms with Crippen LogP contribution in [0, 0.1) is 5.41 Å². The molecule has 0 spiro atoms. The van der Waals surface area contributed by atoms with Gasteiger partial charge in [0.05, 0.1) is 6.10 Å². The van der Waals surface area contributed by atoms with Gasteiger partial charge in [-0.15, -0.1) is 0 Å². The van der Waals surface area contributed by atoms with Crippen LogP contribution < -0.4 is 5.32 Å². The maximum absolute atomic E-state index is 5.69. The second-order valence-electron chi connectivity index (χ2n) is 6.66. The second-order valence-corrected chi connectivity index (χ2v) is 6.66. The van der Waals surface area contributed by atoms with Gasteiger partial charge in [0.15, 0.2) is 0 Å². The van der Waals surface area contributed by atoms with E-state index >= 15 is 0 Å². The second kappa shape index (κ2) is 7.46. The fraction of sp³-hybridized carbons (Fsp3) is 1.00. The van der Waals surface area contributed by atoms with Gasteiger partial charge < -0.3 is 15.0 Å². The third kappa shape index (κ3) is 5.68. The van der Waals surface area contributed by atoms with Crippen LogP contribution in [-0.2, 0) is 4.74 Å². The van der Waals surface area contributed by atoms with Crippen LogP contribution in [0.15, 0.2) is 0 Å². The van der Waals surface area contributed by atoms with Gasteiger partial charge in [-0.1, -0.05) is 27.7 Å². The van der Waals surface area contributed by atoms with Crippen molar-refractivity contribution in [2.24, 2.45) is 5.41 Å². The van der Waals surface area contributed by atoms with Gasteiger partial charge >= 0.3 is 0 Å². The molecule has 0 saturated carbocycles. The van der Waals surface area contributed by atoms with Gasteiger partial charge in [-0.05, 0) is 44.8 Å². The summed E-state index contributed by atoms with van der Waals surface area (Å²) < 4.78 is 5.69. The molecule has 1 aliphatic rings. The standard InChI is InChI=1S/C15H32N2O/c1-6-16-14(15(2,3)4)9-10-17(5)12-13-8-7-11-18-13/h13-14,16H,6-12H2,1-5H3. The lowest BCUT2D eigenvalue weighted by molar-refractivity contribution is 0.0784. The maximum atomic E-state index is 5.69. The van der Waals surface area contributed by atoms with Gasteiger partial charge in [-0.2, -0.15) is 0 Å². The molecule has 0 bridgehead atoms. The predicted molar refractivity (Wildman–Crippen MR) is 78.0 cm³/mol. The molecular weight excluding hydrogens is 224 g/mol. The summed E-state index contributed by atoms with van der Waals surface area (Å²) in [4.78, 5) is 2.42. The van der Waals surface area contributed by atoms with E-state index in [2.05, 4.69) is 45.0 Å². The number of rotatable bonds is 7. The van der Waals surface area contributed by atoms with E-state index in [4.69, 9.17) is 4.74 Å². The van der Waals surface area contributed by atoms with Gasteiger partial charge in [0.25, 0.3) is 0 Å². The van der Waals surface area contributed by atoms with Crippen molar-refractivity contribution in [1.29, 1.82) is 0 Å². The Labute approximate surface area is 113 Å². The predicted octanol–water partition coefficient (Wildman–Crippen LogP) is 2.51. The number of nitrogens with one attached hydrogen (secondary N) is 1. The Morgan fingerprint density at radius 2 is 2.11 bits per heavy atom. The Morgan fingerprint density at radius 3 is 2.61 bits per heavy atom. The molecule has 0 aliphatic carbocycles. The summed E-state index contributed by atoms with van der Waals surface area (Å²) in [5, 5.41) is 3.61. The van der Waals surface area contributed by atoms with E-state index in [1.165, 1.54) is 19.3 Å². The van der Waals surface area contributed by atoms with Crippen molar-refractivity contribution in [3.05, 3.63) is 0 Å². The first kappa shape index (κ1) is 15.9. The molecule has 108 valence electrons. The van der Waals surface area contributed by atoms with Crippen molar-refractivity contribution in [1.82, 2.24) is 10.2 Å². The van der Waals surface area contributed by atoms with Gasteiger partial charge in [0.2, 0.25) is 0 Å². The third-order valence-electron chi connectivity index (χ3n) is 3.83. The fourth-order valence-corrected chi connectivity index (χ4v) is 2.66. The van der Waals surface area contributed by atoms with Crippen molar-refractivity contribution in [3.8, 4) is 0 Å². The van der Waals surface area contributed by atoms with Crippen LogP contribution in [0.5, 0.6) is 0 Å². The number of likely N-dealkylation sites (N-methyl/N-ethyl adjacent to an activating group) is 1. The molecule has 1 aliphatic heterocycles. The highest BCUT2D eigenvalue weighted by molar-refractivity contribution is 4.81. The zero-order valence-electron chi connectivity index (χ0n) is 13.0. The summed E-state index contributed by atoms with van der Waals surface area (Å²) in [5.41, 5.74) is 0.334. The molecule has 1 heterocycles. The normalized spacial score (nSPS) is 22.7. The molecule has 1 saturated heterocycles. The minimum absolute atomic E-state index is 0.334. The molecule has 3 heteroatoms. The number of nitrogens with zero attached hydrogens (tertiary/aromatic N) is 1. The van der Waals surface area contributed by atoms with Crippen molar-refractivity contribution < 1.29 is 4.74 Å². The van der Waals surface area contributed by atoms with E-state index in [-0.39, 0.29) is 0 Å². The average Bonchev–Trinajstić information content (AvgIpc) is 2.75. The van der Waals surface area contributed by atoms with Crippen LogP contribution in [-0.4, -0.2) is 50.3 Å². The molecule has 0 aromatic carbocycles. The van der Waals surface area contributed by atoms with Gasteiger partial charge in [-0.25, -0.2) is 0 Å². The summed E-state index contributed by atoms with van der Waals surface area (Å²) in [6.07, 6.45) is 4.16. The third-order valence-corrected chi connectivity index (χ3v) is 3.83. The van der Waals surface area contributed by atoms with E-state index in [1.807, 2.05) is 0 Å². The molecule has 2 unspecified atom stereocenters. The maximum Gasteiger partial charge on any atom is 0.0702 e. The highest BCUT2D eigenvalue weighted by Crippen LogP contribution is 2.22. The molecular formula is C15H32N2O. The summed E-state index contributed by atoms with van der Waals surface area (Å²) in [7, 11) is 2.22. The smallest absolute Gasteiger partial charge is 0.0702 e. The topological polar surface area (TPSA) is 24.5 Å². The summed E-state index contributed by atoms with van der Waals surface area (Å²) in [6.45, 7) is 13.4. The SMILES string of the molecule is CCNC(CCN(C)CC1CCCO1)C(C)(C)C. The molecule has 3 nitrogen and oxygen atoms in total. The van der Waals surface area contributed by atoms with Crippen LogP contribution in [0.25, 0.3) is 0 Å². The molecule has 0 aromatic rings. The Kier molecular flexibility index (Phi) is 6.61. The number of hydrogen-bond acceptors (Lipinski definition) is 3. The van der Waals surface area contributed by atoms with Crippen molar-refractivity contribution in [2.75, 3.05) is 33.3 Å². The Hall–Kier alpha value is -0.120. The molecule has 0 aromatic heterocycles. The van der Waals surface area contributed by atoms with E-state index in [0.717, 1.165) is 26.2 Å². The zero-order valence-corrected chi connectivity index (χ0v) is 13.0. The lowest BCUT2D eigenvalue weighted by Gasteiger charge is -2.33. The van der Waals surface area contributed by atoms with Crippen LogP contribution in [0.3, 0.4) is 0 Å². The molecule has 18 heavy (non-hydrogen) atoms. The number of hydrogen-bond donors (Lipinski definition) is 1. The lowest BCUT2D eigenvalue weighted by Crippen LogP contribution is -2.43. The van der Waals surface area contributed by atoms with Crippen LogP contribution >= 0.6 is 0 Å². The largest absolute Gasteiger partial charge is 0.377 e. The molecule has 1 N–H and O–H groups in total. The van der Waals surface area contributed by atoms with Crippen molar-refractivity contribution in [2.45, 2.75) is 59.1 Å². The highest BCUT2D eigenvalue weighted by Gasteiger charge is 2.24. The fourth-order valence-electron chi connectivity index (χ4n) is 2.66. The van der Waals surface area contributed by atoms with Gasteiger partial charge in [0.1, 0.15) is 0 Å². The monoisotopic (exact) mass is 256 g/mol. The molecule has 0 radical (unpaired) electrons. The Bertz CT molecular complexity index is 219. The first-order chi connectivity index (χ1) is 8.43. The quantitative estimate of drug-likeness (QED) is 0.757. The number of ether oxygens (including phenoxy) is 1. The van der Waals surface area contributed by atoms with Crippen molar-refractivity contribution in [3.63, 3.8) is 0 Å². The average molecular weight is 256 g/mol. The molecule has 0 amide bonds. The van der Waals surface area contributed by atoms with E-state index in [0.29, 0.717) is 17.6 Å². The molecule has 2 atom stereocenters. The molecule has 1 rings (SSSR count). The summed E-state index contributed by atoms with van der Waals surface area (Å²) in [6, 6.07) is 0.592. The van der Waals surface area contributed by atoms with E-state index in [9.17, 15) is 0 Å². The van der Waals surface area contributed by atoms with Crippen LogP contribution in [0.4, 0.5) is 0 Å². The minimum atomic E-state index is 0.334. The van der Waals surface area contributed by atoms with Crippen molar-refractivity contribution >= 4 is 0 Å². The van der Waals surface area contributed by atoms with E-state index < -0.39 is 0 Å². The molecule has 1 fully saturated rings.